The first kappa shape index (κ1) is 14.8. The van der Waals surface area contributed by atoms with E-state index in [0.29, 0.717) is 24.4 Å². The lowest BCUT2D eigenvalue weighted by Crippen LogP contribution is -2.13. The summed E-state index contributed by atoms with van der Waals surface area (Å²) in [6, 6.07) is 15.0. The number of fused-ring (bicyclic) bond motifs is 1. The molecule has 0 aliphatic rings. The quantitative estimate of drug-likeness (QED) is 0.694. The maximum absolute atomic E-state index is 12.2. The molecule has 2 aromatic heterocycles. The molecule has 0 saturated heterocycles. The predicted octanol–water partition coefficient (Wildman–Crippen LogP) is 3.13. The number of hydrogen-bond acceptors (Lipinski definition) is 4. The van der Waals surface area contributed by atoms with Crippen molar-refractivity contribution in [2.24, 2.45) is 0 Å². The molecule has 0 atom stereocenters. The number of carbonyl (C=O) groups is 1. The van der Waals surface area contributed by atoms with Crippen LogP contribution in [0.3, 0.4) is 0 Å². The van der Waals surface area contributed by atoms with Crippen LogP contribution in [0.1, 0.15) is 28.5 Å². The van der Waals surface area contributed by atoms with Crippen LogP contribution in [0.4, 0.5) is 0 Å². The predicted molar refractivity (Wildman–Crippen MR) is 85.9 cm³/mol. The van der Waals surface area contributed by atoms with Gasteiger partial charge in [0.05, 0.1) is 29.3 Å². The summed E-state index contributed by atoms with van der Waals surface area (Å²) < 4.78 is 6.98. The third-order valence-electron chi connectivity index (χ3n) is 3.62. The highest BCUT2D eigenvalue weighted by molar-refractivity contribution is 5.94. The van der Waals surface area contributed by atoms with Gasteiger partial charge in [0, 0.05) is 12.7 Å². The molecule has 1 aromatic carbocycles. The second kappa shape index (κ2) is 6.32. The largest absolute Gasteiger partial charge is 0.461 e. The van der Waals surface area contributed by atoms with Gasteiger partial charge in [-0.1, -0.05) is 18.2 Å². The van der Waals surface area contributed by atoms with Crippen molar-refractivity contribution < 1.29 is 9.53 Å². The second-order valence-electron chi connectivity index (χ2n) is 5.01. The Bertz CT molecular complexity index is 906. The molecule has 5 heteroatoms. The van der Waals surface area contributed by atoms with E-state index in [4.69, 9.17) is 4.74 Å². The number of nitriles is 1. The fourth-order valence-electron chi connectivity index (χ4n) is 2.57. The van der Waals surface area contributed by atoms with Crippen LogP contribution < -0.4 is 0 Å². The van der Waals surface area contributed by atoms with Crippen LogP contribution in [0, 0.1) is 11.3 Å². The van der Waals surface area contributed by atoms with Gasteiger partial charge in [-0.2, -0.15) is 5.26 Å². The van der Waals surface area contributed by atoms with Gasteiger partial charge in [0.15, 0.2) is 0 Å². The third kappa shape index (κ3) is 2.79. The van der Waals surface area contributed by atoms with Gasteiger partial charge in [0.2, 0.25) is 0 Å². The minimum Gasteiger partial charge on any atom is -0.461 e. The number of ether oxygens (including phenoxy) is 1. The number of benzene rings is 1. The molecule has 0 unspecified atom stereocenters. The van der Waals surface area contributed by atoms with E-state index in [1.165, 1.54) is 0 Å². The van der Waals surface area contributed by atoms with Crippen LogP contribution in [0.2, 0.25) is 0 Å². The Labute approximate surface area is 133 Å². The summed E-state index contributed by atoms with van der Waals surface area (Å²) in [6.45, 7) is 2.49. The number of aromatic nitrogens is 2. The molecule has 0 N–H and O–H groups in total. The minimum absolute atomic E-state index is 0.308. The van der Waals surface area contributed by atoms with Crippen LogP contribution in [0.5, 0.6) is 0 Å². The summed E-state index contributed by atoms with van der Waals surface area (Å²) in [7, 11) is 0. The van der Waals surface area contributed by atoms with E-state index >= 15 is 0 Å². The second-order valence-corrected chi connectivity index (χ2v) is 5.01. The lowest BCUT2D eigenvalue weighted by molar-refractivity contribution is 0.0515. The fourth-order valence-corrected chi connectivity index (χ4v) is 2.57. The standard InChI is InChI=1S/C18H15N3O2/c1-2-23-18(22)17-10-15-16(8-5-9-20-15)21(17)12-14-7-4-3-6-13(14)11-19/h3-10H,2,12H2,1H3. The first-order chi connectivity index (χ1) is 11.2. The lowest BCUT2D eigenvalue weighted by atomic mass is 10.1. The molecule has 0 spiro atoms. The molecule has 3 rings (SSSR count). The number of hydrogen-bond donors (Lipinski definition) is 0. The molecule has 2 heterocycles. The van der Waals surface area contributed by atoms with Gasteiger partial charge in [0.25, 0.3) is 0 Å². The van der Waals surface area contributed by atoms with Gasteiger partial charge in [-0.15, -0.1) is 0 Å². The topological polar surface area (TPSA) is 67.9 Å². The van der Waals surface area contributed by atoms with Crippen molar-refractivity contribution >= 4 is 17.0 Å². The van der Waals surface area contributed by atoms with Gasteiger partial charge in [0.1, 0.15) is 5.69 Å². The summed E-state index contributed by atoms with van der Waals surface area (Å²) in [5, 5.41) is 9.26. The minimum atomic E-state index is -0.389. The maximum Gasteiger partial charge on any atom is 0.355 e. The van der Waals surface area contributed by atoms with Crippen molar-refractivity contribution in [1.29, 1.82) is 5.26 Å². The van der Waals surface area contributed by atoms with Crippen molar-refractivity contribution in [1.82, 2.24) is 9.55 Å². The van der Waals surface area contributed by atoms with Crippen molar-refractivity contribution in [3.8, 4) is 6.07 Å². The average molecular weight is 305 g/mol. The van der Waals surface area contributed by atoms with Crippen molar-refractivity contribution in [2.75, 3.05) is 6.61 Å². The van der Waals surface area contributed by atoms with Crippen LogP contribution in [-0.4, -0.2) is 22.1 Å². The zero-order chi connectivity index (χ0) is 16.2. The van der Waals surface area contributed by atoms with Gasteiger partial charge >= 0.3 is 5.97 Å². The Morgan fingerprint density at radius 1 is 1.30 bits per heavy atom. The Hall–Kier alpha value is -3.13. The lowest BCUT2D eigenvalue weighted by Gasteiger charge is -2.11. The molecule has 0 bridgehead atoms. The van der Waals surface area contributed by atoms with E-state index in [2.05, 4.69) is 11.1 Å². The van der Waals surface area contributed by atoms with E-state index in [1.807, 2.05) is 34.9 Å². The molecule has 0 aliphatic carbocycles. The molecule has 0 aliphatic heterocycles. The monoisotopic (exact) mass is 305 g/mol. The first-order valence-corrected chi connectivity index (χ1v) is 7.34. The molecule has 0 radical (unpaired) electrons. The molecule has 114 valence electrons. The summed E-state index contributed by atoms with van der Waals surface area (Å²) in [5.41, 5.74) is 3.44. The Balaban J connectivity index is 2.13. The van der Waals surface area contributed by atoms with Gasteiger partial charge in [-0.05, 0) is 36.8 Å². The van der Waals surface area contributed by atoms with E-state index in [9.17, 15) is 10.1 Å². The van der Waals surface area contributed by atoms with Crippen LogP contribution in [0.15, 0.2) is 48.7 Å². The molecular weight excluding hydrogens is 290 g/mol. The fraction of sp³-hybridized carbons (Fsp3) is 0.167. The highest BCUT2D eigenvalue weighted by atomic mass is 16.5. The average Bonchev–Trinajstić information content (AvgIpc) is 2.94. The van der Waals surface area contributed by atoms with Crippen LogP contribution in [0.25, 0.3) is 11.0 Å². The number of carbonyl (C=O) groups excluding carboxylic acids is 1. The number of nitrogens with zero attached hydrogens (tertiary/aromatic N) is 3. The maximum atomic E-state index is 12.2. The molecule has 0 fully saturated rings. The number of pyridine rings is 1. The molecule has 3 aromatic rings. The van der Waals surface area contributed by atoms with Gasteiger partial charge in [-0.3, -0.25) is 4.98 Å². The number of esters is 1. The van der Waals surface area contributed by atoms with Crippen LogP contribution >= 0.6 is 0 Å². The Morgan fingerprint density at radius 2 is 2.13 bits per heavy atom. The highest BCUT2D eigenvalue weighted by Gasteiger charge is 2.18. The summed E-state index contributed by atoms with van der Waals surface area (Å²) >= 11 is 0. The zero-order valence-electron chi connectivity index (χ0n) is 12.7. The highest BCUT2D eigenvalue weighted by Crippen LogP contribution is 2.21. The zero-order valence-corrected chi connectivity index (χ0v) is 12.7. The molecular formula is C18H15N3O2. The summed E-state index contributed by atoms with van der Waals surface area (Å²) in [4.78, 5) is 16.5. The first-order valence-electron chi connectivity index (χ1n) is 7.34. The van der Waals surface area contributed by atoms with E-state index in [-0.39, 0.29) is 5.97 Å². The van der Waals surface area contributed by atoms with Crippen molar-refractivity contribution in [3.63, 3.8) is 0 Å². The SMILES string of the molecule is CCOC(=O)c1cc2ncccc2n1Cc1ccccc1C#N. The van der Waals surface area contributed by atoms with E-state index < -0.39 is 0 Å². The van der Waals surface area contributed by atoms with E-state index in [1.54, 1.807) is 25.3 Å². The summed E-state index contributed by atoms with van der Waals surface area (Å²) in [5.74, 6) is -0.389. The molecule has 0 amide bonds. The smallest absolute Gasteiger partial charge is 0.355 e. The normalized spacial score (nSPS) is 10.4. The molecule has 0 saturated carbocycles. The Morgan fingerprint density at radius 3 is 2.91 bits per heavy atom. The summed E-state index contributed by atoms with van der Waals surface area (Å²) in [6.07, 6.45) is 1.69. The van der Waals surface area contributed by atoms with Crippen molar-refractivity contribution in [3.05, 3.63) is 65.5 Å². The van der Waals surface area contributed by atoms with Gasteiger partial charge < -0.3 is 9.30 Å². The third-order valence-corrected chi connectivity index (χ3v) is 3.62. The van der Waals surface area contributed by atoms with Crippen molar-refractivity contribution in [2.45, 2.75) is 13.5 Å². The van der Waals surface area contributed by atoms with E-state index in [0.717, 1.165) is 16.6 Å². The van der Waals surface area contributed by atoms with Crippen LogP contribution in [-0.2, 0) is 11.3 Å². The number of rotatable bonds is 4. The molecule has 5 nitrogen and oxygen atoms in total. The van der Waals surface area contributed by atoms with Gasteiger partial charge in [-0.25, -0.2) is 4.79 Å². The molecule has 23 heavy (non-hydrogen) atoms. The Kier molecular flexibility index (Phi) is 4.07.